The molecule has 1 saturated heterocycles. The summed E-state index contributed by atoms with van der Waals surface area (Å²) in [5.74, 6) is -0.735. The molecule has 4 nitrogen and oxygen atoms in total. The van der Waals surface area contributed by atoms with Gasteiger partial charge in [0.1, 0.15) is 0 Å². The first-order valence-electron chi connectivity index (χ1n) is 6.34. The van der Waals surface area contributed by atoms with E-state index < -0.39 is 5.97 Å². The molecule has 0 radical (unpaired) electrons. The topological polar surface area (TPSA) is 49.8 Å². The van der Waals surface area contributed by atoms with Crippen LogP contribution in [0.3, 0.4) is 0 Å². The van der Waals surface area contributed by atoms with Crippen LogP contribution in [0, 0.1) is 0 Å². The highest BCUT2D eigenvalue weighted by atomic mass is 16.5. The third kappa shape index (κ3) is 4.13. The SMILES string of the molecule is O=C(O)CCN1CCOC(Cc2ccccc2)C1. The van der Waals surface area contributed by atoms with Gasteiger partial charge in [-0.15, -0.1) is 0 Å². The first-order valence-corrected chi connectivity index (χ1v) is 6.34. The molecule has 1 atom stereocenters. The van der Waals surface area contributed by atoms with Crippen molar-refractivity contribution < 1.29 is 14.6 Å². The summed E-state index contributed by atoms with van der Waals surface area (Å²) in [6, 6.07) is 10.3. The molecular formula is C14H19NO3. The van der Waals surface area contributed by atoms with Crippen LogP contribution in [0.4, 0.5) is 0 Å². The highest BCUT2D eigenvalue weighted by Crippen LogP contribution is 2.11. The summed E-state index contributed by atoms with van der Waals surface area (Å²) < 4.78 is 5.73. The zero-order chi connectivity index (χ0) is 12.8. The Balaban J connectivity index is 1.81. The van der Waals surface area contributed by atoms with Crippen LogP contribution in [0.5, 0.6) is 0 Å². The van der Waals surface area contributed by atoms with E-state index in [4.69, 9.17) is 9.84 Å². The summed E-state index contributed by atoms with van der Waals surface area (Å²) in [6.45, 7) is 2.96. The zero-order valence-corrected chi connectivity index (χ0v) is 10.4. The fourth-order valence-electron chi connectivity index (χ4n) is 2.24. The van der Waals surface area contributed by atoms with Gasteiger partial charge in [0.25, 0.3) is 0 Å². The summed E-state index contributed by atoms with van der Waals surface area (Å²) in [5.41, 5.74) is 1.27. The average molecular weight is 249 g/mol. The van der Waals surface area contributed by atoms with Crippen LogP contribution < -0.4 is 0 Å². The molecule has 4 heteroatoms. The van der Waals surface area contributed by atoms with Crippen LogP contribution in [-0.4, -0.2) is 48.3 Å². The van der Waals surface area contributed by atoms with E-state index in [0.29, 0.717) is 13.2 Å². The van der Waals surface area contributed by atoms with Gasteiger partial charge in [-0.05, 0) is 12.0 Å². The van der Waals surface area contributed by atoms with Crippen molar-refractivity contribution in [2.75, 3.05) is 26.2 Å². The fraction of sp³-hybridized carbons (Fsp3) is 0.500. The Bertz CT molecular complexity index is 380. The highest BCUT2D eigenvalue weighted by molar-refractivity contribution is 5.66. The van der Waals surface area contributed by atoms with Crippen LogP contribution >= 0.6 is 0 Å². The van der Waals surface area contributed by atoms with Gasteiger partial charge in [0.05, 0.1) is 19.1 Å². The van der Waals surface area contributed by atoms with Crippen molar-refractivity contribution in [3.8, 4) is 0 Å². The number of ether oxygens (including phenoxy) is 1. The first kappa shape index (κ1) is 13.1. The van der Waals surface area contributed by atoms with Crippen molar-refractivity contribution in [2.24, 2.45) is 0 Å². The largest absolute Gasteiger partial charge is 0.481 e. The number of benzene rings is 1. The zero-order valence-electron chi connectivity index (χ0n) is 10.4. The van der Waals surface area contributed by atoms with Gasteiger partial charge < -0.3 is 9.84 Å². The Morgan fingerprint density at radius 2 is 2.17 bits per heavy atom. The minimum atomic E-state index is -0.735. The molecule has 1 fully saturated rings. The molecule has 1 aromatic carbocycles. The third-order valence-electron chi connectivity index (χ3n) is 3.17. The second kappa shape index (κ2) is 6.52. The standard InChI is InChI=1S/C14H19NO3/c16-14(17)6-7-15-8-9-18-13(11-15)10-12-4-2-1-3-5-12/h1-5,13H,6-11H2,(H,16,17). The molecule has 2 rings (SSSR count). The van der Waals surface area contributed by atoms with Crippen molar-refractivity contribution in [1.82, 2.24) is 4.90 Å². The minimum absolute atomic E-state index is 0.176. The summed E-state index contributed by atoms with van der Waals surface area (Å²) in [5, 5.41) is 8.69. The van der Waals surface area contributed by atoms with Crippen LogP contribution in [0.25, 0.3) is 0 Å². The maximum atomic E-state index is 10.6. The summed E-state index contributed by atoms with van der Waals surface area (Å²) in [4.78, 5) is 12.7. The van der Waals surface area contributed by atoms with Gasteiger partial charge in [-0.3, -0.25) is 9.69 Å². The Morgan fingerprint density at radius 1 is 1.39 bits per heavy atom. The quantitative estimate of drug-likeness (QED) is 0.857. The number of carboxylic acids is 1. The summed E-state index contributed by atoms with van der Waals surface area (Å²) in [7, 11) is 0. The number of rotatable bonds is 5. The van der Waals surface area contributed by atoms with Crippen molar-refractivity contribution in [3.05, 3.63) is 35.9 Å². The number of aliphatic carboxylic acids is 1. The van der Waals surface area contributed by atoms with Gasteiger partial charge >= 0.3 is 5.97 Å². The van der Waals surface area contributed by atoms with E-state index in [1.54, 1.807) is 0 Å². The minimum Gasteiger partial charge on any atom is -0.481 e. The molecule has 1 aliphatic heterocycles. The summed E-state index contributed by atoms with van der Waals surface area (Å²) >= 11 is 0. The lowest BCUT2D eigenvalue weighted by Crippen LogP contribution is -2.44. The van der Waals surface area contributed by atoms with E-state index in [1.807, 2.05) is 18.2 Å². The van der Waals surface area contributed by atoms with E-state index in [2.05, 4.69) is 17.0 Å². The van der Waals surface area contributed by atoms with Crippen molar-refractivity contribution in [3.63, 3.8) is 0 Å². The highest BCUT2D eigenvalue weighted by Gasteiger charge is 2.20. The number of carboxylic acid groups (broad SMARTS) is 1. The molecular weight excluding hydrogens is 230 g/mol. The number of nitrogens with zero attached hydrogens (tertiary/aromatic N) is 1. The van der Waals surface area contributed by atoms with Crippen LogP contribution in [0.15, 0.2) is 30.3 Å². The van der Waals surface area contributed by atoms with Crippen molar-refractivity contribution >= 4 is 5.97 Å². The lowest BCUT2D eigenvalue weighted by atomic mass is 10.1. The van der Waals surface area contributed by atoms with Crippen LogP contribution in [0.2, 0.25) is 0 Å². The van der Waals surface area contributed by atoms with Gasteiger partial charge in [-0.2, -0.15) is 0 Å². The Morgan fingerprint density at radius 3 is 2.89 bits per heavy atom. The molecule has 0 amide bonds. The second-order valence-corrected chi connectivity index (χ2v) is 4.63. The third-order valence-corrected chi connectivity index (χ3v) is 3.17. The lowest BCUT2D eigenvalue weighted by molar-refractivity contribution is -0.137. The van der Waals surface area contributed by atoms with Gasteiger partial charge in [-0.25, -0.2) is 0 Å². The predicted octanol–water partition coefficient (Wildman–Crippen LogP) is 1.40. The monoisotopic (exact) mass is 249 g/mol. The molecule has 0 aliphatic carbocycles. The lowest BCUT2D eigenvalue weighted by Gasteiger charge is -2.32. The van der Waals surface area contributed by atoms with E-state index in [0.717, 1.165) is 19.5 Å². The van der Waals surface area contributed by atoms with Gasteiger partial charge in [0.15, 0.2) is 0 Å². The van der Waals surface area contributed by atoms with Gasteiger partial charge in [0, 0.05) is 19.6 Å². The molecule has 0 aromatic heterocycles. The number of carbonyl (C=O) groups is 1. The van der Waals surface area contributed by atoms with Gasteiger partial charge in [0.2, 0.25) is 0 Å². The molecule has 18 heavy (non-hydrogen) atoms. The second-order valence-electron chi connectivity index (χ2n) is 4.63. The smallest absolute Gasteiger partial charge is 0.304 e. The maximum Gasteiger partial charge on any atom is 0.304 e. The van der Waals surface area contributed by atoms with Crippen LogP contribution in [-0.2, 0) is 16.0 Å². The van der Waals surface area contributed by atoms with Gasteiger partial charge in [-0.1, -0.05) is 30.3 Å². The molecule has 1 aliphatic rings. The molecule has 0 spiro atoms. The molecule has 1 N–H and O–H groups in total. The molecule has 1 aromatic rings. The Labute approximate surface area is 107 Å². The fourth-order valence-corrected chi connectivity index (χ4v) is 2.24. The van der Waals surface area contributed by atoms with E-state index in [9.17, 15) is 4.79 Å². The predicted molar refractivity (Wildman–Crippen MR) is 68.6 cm³/mol. The van der Waals surface area contributed by atoms with E-state index >= 15 is 0 Å². The number of hydrogen-bond donors (Lipinski definition) is 1. The van der Waals surface area contributed by atoms with Crippen LogP contribution in [0.1, 0.15) is 12.0 Å². The summed E-state index contributed by atoms with van der Waals surface area (Å²) in [6.07, 6.45) is 1.28. The average Bonchev–Trinajstić information content (AvgIpc) is 2.38. The first-order chi connectivity index (χ1) is 8.74. The molecule has 0 saturated carbocycles. The number of hydrogen-bond acceptors (Lipinski definition) is 3. The Hall–Kier alpha value is -1.39. The molecule has 1 heterocycles. The number of morpholine rings is 1. The normalized spacial score (nSPS) is 20.8. The molecule has 1 unspecified atom stereocenters. The van der Waals surface area contributed by atoms with E-state index in [1.165, 1.54) is 5.56 Å². The maximum absolute atomic E-state index is 10.6. The Kier molecular flexibility index (Phi) is 4.73. The molecule has 98 valence electrons. The molecule has 0 bridgehead atoms. The van der Waals surface area contributed by atoms with Crippen molar-refractivity contribution in [2.45, 2.75) is 18.9 Å². The van der Waals surface area contributed by atoms with E-state index in [-0.39, 0.29) is 12.5 Å². The van der Waals surface area contributed by atoms with Crippen molar-refractivity contribution in [1.29, 1.82) is 0 Å².